The molecule has 4 heteroatoms. The lowest BCUT2D eigenvalue weighted by atomic mass is 10.1. The second-order valence-corrected chi connectivity index (χ2v) is 3.90. The number of aliphatic hydroxyl groups is 1. The molecule has 0 unspecified atom stereocenters. The van der Waals surface area contributed by atoms with Gasteiger partial charge in [-0.05, 0) is 31.0 Å². The van der Waals surface area contributed by atoms with Crippen LogP contribution in [0.5, 0.6) is 5.75 Å². The van der Waals surface area contributed by atoms with Crippen molar-refractivity contribution in [3.8, 4) is 5.75 Å². The molecule has 84 valence electrons. The number of methoxy groups -OCH3 is 1. The van der Waals surface area contributed by atoms with Crippen molar-refractivity contribution in [1.82, 2.24) is 0 Å². The van der Waals surface area contributed by atoms with Gasteiger partial charge in [0.15, 0.2) is 0 Å². The van der Waals surface area contributed by atoms with Gasteiger partial charge in [0.1, 0.15) is 12.5 Å². The maximum absolute atomic E-state index is 9.12. The van der Waals surface area contributed by atoms with Crippen molar-refractivity contribution in [3.05, 3.63) is 22.2 Å². The maximum atomic E-state index is 9.12. The Morgan fingerprint density at radius 3 is 2.53 bits per heavy atom. The van der Waals surface area contributed by atoms with Gasteiger partial charge in [-0.2, -0.15) is 0 Å². The first-order valence-electron chi connectivity index (χ1n) is 4.68. The van der Waals surface area contributed by atoms with E-state index in [2.05, 4.69) is 0 Å². The van der Waals surface area contributed by atoms with Crippen LogP contribution in [0.15, 0.2) is 6.07 Å². The fourth-order valence-corrected chi connectivity index (χ4v) is 1.76. The van der Waals surface area contributed by atoms with Gasteiger partial charge in [-0.25, -0.2) is 0 Å². The number of hydrogen-bond acceptors (Lipinski definition) is 3. The van der Waals surface area contributed by atoms with E-state index in [0.29, 0.717) is 5.02 Å². The normalized spacial score (nSPS) is 10.3. The van der Waals surface area contributed by atoms with Crippen LogP contribution in [0, 0.1) is 13.8 Å². The molecule has 0 saturated carbocycles. The summed E-state index contributed by atoms with van der Waals surface area (Å²) in [7, 11) is 3.40. The number of benzene rings is 1. The molecule has 3 nitrogen and oxygen atoms in total. The van der Waals surface area contributed by atoms with Crippen LogP contribution >= 0.6 is 11.6 Å². The van der Waals surface area contributed by atoms with Crippen molar-refractivity contribution in [2.75, 3.05) is 25.8 Å². The van der Waals surface area contributed by atoms with Crippen LogP contribution < -0.4 is 9.64 Å². The minimum atomic E-state index is -0.0728. The van der Waals surface area contributed by atoms with Gasteiger partial charge in [-0.15, -0.1) is 0 Å². The summed E-state index contributed by atoms with van der Waals surface area (Å²) in [6.07, 6.45) is 0. The highest BCUT2D eigenvalue weighted by Crippen LogP contribution is 2.37. The summed E-state index contributed by atoms with van der Waals surface area (Å²) in [6.45, 7) is 3.77. The molecule has 0 heterocycles. The lowest BCUT2D eigenvalue weighted by molar-refractivity contribution is 0.296. The lowest BCUT2D eigenvalue weighted by Crippen LogP contribution is -2.20. The molecule has 15 heavy (non-hydrogen) atoms. The standard InChI is InChI=1S/C11H16ClNO2/c1-7-5-9(15-4)11(13(3)6-14)8(2)10(7)12/h5,14H,6H2,1-4H3. The van der Waals surface area contributed by atoms with Crippen LogP contribution in [0.25, 0.3) is 0 Å². The highest BCUT2D eigenvalue weighted by Gasteiger charge is 2.15. The molecular weight excluding hydrogens is 214 g/mol. The second kappa shape index (κ2) is 4.73. The third-order valence-electron chi connectivity index (χ3n) is 2.43. The molecule has 1 aromatic rings. The van der Waals surface area contributed by atoms with Crippen molar-refractivity contribution >= 4 is 17.3 Å². The molecule has 0 aliphatic heterocycles. The van der Waals surface area contributed by atoms with Gasteiger partial charge in [-0.1, -0.05) is 11.6 Å². The molecule has 0 aliphatic carbocycles. The molecule has 0 saturated heterocycles. The zero-order valence-electron chi connectivity index (χ0n) is 9.47. The summed E-state index contributed by atoms with van der Waals surface area (Å²) in [5.74, 6) is 0.728. The third-order valence-corrected chi connectivity index (χ3v) is 3.01. The van der Waals surface area contributed by atoms with E-state index in [1.807, 2.05) is 19.9 Å². The Morgan fingerprint density at radius 2 is 2.07 bits per heavy atom. The van der Waals surface area contributed by atoms with Gasteiger partial charge < -0.3 is 14.7 Å². The lowest BCUT2D eigenvalue weighted by Gasteiger charge is -2.23. The molecule has 1 N–H and O–H groups in total. The number of aryl methyl sites for hydroxylation is 1. The van der Waals surface area contributed by atoms with E-state index >= 15 is 0 Å². The van der Waals surface area contributed by atoms with Crippen molar-refractivity contribution in [3.63, 3.8) is 0 Å². The average molecular weight is 230 g/mol. The van der Waals surface area contributed by atoms with Gasteiger partial charge >= 0.3 is 0 Å². The maximum Gasteiger partial charge on any atom is 0.142 e. The van der Waals surface area contributed by atoms with Crippen LogP contribution in [0.2, 0.25) is 5.02 Å². The van der Waals surface area contributed by atoms with Crippen LogP contribution in [-0.2, 0) is 0 Å². The first kappa shape index (κ1) is 12.1. The van der Waals surface area contributed by atoms with E-state index in [-0.39, 0.29) is 6.73 Å². The first-order valence-corrected chi connectivity index (χ1v) is 5.06. The van der Waals surface area contributed by atoms with Gasteiger partial charge in [0, 0.05) is 12.1 Å². The number of nitrogens with zero attached hydrogens (tertiary/aromatic N) is 1. The first-order chi connectivity index (χ1) is 7.02. The summed E-state index contributed by atoms with van der Waals surface area (Å²) in [6, 6.07) is 1.87. The number of aliphatic hydroxyl groups excluding tert-OH is 1. The van der Waals surface area contributed by atoms with Crippen LogP contribution in [0.4, 0.5) is 5.69 Å². The molecule has 0 spiro atoms. The monoisotopic (exact) mass is 229 g/mol. The van der Waals surface area contributed by atoms with Crippen molar-refractivity contribution in [1.29, 1.82) is 0 Å². The number of halogens is 1. The highest BCUT2D eigenvalue weighted by atomic mass is 35.5. The molecule has 0 aliphatic rings. The summed E-state index contributed by atoms with van der Waals surface area (Å²) in [4.78, 5) is 1.69. The molecule has 0 bridgehead atoms. The van der Waals surface area contributed by atoms with Gasteiger partial charge in [0.05, 0.1) is 12.8 Å². The van der Waals surface area contributed by atoms with E-state index in [1.165, 1.54) is 0 Å². The molecule has 0 amide bonds. The molecule has 1 rings (SSSR count). The van der Waals surface area contributed by atoms with E-state index < -0.39 is 0 Å². The zero-order chi connectivity index (χ0) is 11.6. The summed E-state index contributed by atoms with van der Waals surface area (Å²) in [5.41, 5.74) is 2.72. The van der Waals surface area contributed by atoms with Crippen molar-refractivity contribution in [2.24, 2.45) is 0 Å². The minimum absolute atomic E-state index is 0.0728. The van der Waals surface area contributed by atoms with Crippen LogP contribution in [0.1, 0.15) is 11.1 Å². The SMILES string of the molecule is COc1cc(C)c(Cl)c(C)c1N(C)CO. The van der Waals surface area contributed by atoms with E-state index in [9.17, 15) is 0 Å². The van der Waals surface area contributed by atoms with Crippen molar-refractivity contribution in [2.45, 2.75) is 13.8 Å². The summed E-state index contributed by atoms with van der Waals surface area (Å²) >= 11 is 6.15. The number of ether oxygens (including phenoxy) is 1. The van der Waals surface area contributed by atoms with Gasteiger partial charge in [0.25, 0.3) is 0 Å². The quantitative estimate of drug-likeness (QED) is 0.808. The summed E-state index contributed by atoms with van der Waals surface area (Å²) in [5, 5.41) is 9.83. The second-order valence-electron chi connectivity index (χ2n) is 3.52. The number of rotatable bonds is 3. The zero-order valence-corrected chi connectivity index (χ0v) is 10.2. The Morgan fingerprint density at radius 1 is 1.47 bits per heavy atom. The fourth-order valence-electron chi connectivity index (χ4n) is 1.61. The molecule has 0 atom stereocenters. The molecule has 1 aromatic carbocycles. The Bertz CT molecular complexity index is 366. The average Bonchev–Trinajstić information content (AvgIpc) is 2.24. The Balaban J connectivity index is 3.40. The minimum Gasteiger partial charge on any atom is -0.495 e. The largest absolute Gasteiger partial charge is 0.495 e. The van der Waals surface area contributed by atoms with Crippen molar-refractivity contribution < 1.29 is 9.84 Å². The van der Waals surface area contributed by atoms with E-state index in [0.717, 1.165) is 22.6 Å². The Hall–Kier alpha value is -0.930. The fraction of sp³-hybridized carbons (Fsp3) is 0.455. The van der Waals surface area contributed by atoms with Gasteiger partial charge in [-0.3, -0.25) is 0 Å². The predicted octanol–water partition coefficient (Wildman–Crippen LogP) is 2.35. The van der Waals surface area contributed by atoms with E-state index in [1.54, 1.807) is 19.1 Å². The number of anilines is 1. The predicted molar refractivity (Wildman–Crippen MR) is 63.0 cm³/mol. The van der Waals surface area contributed by atoms with Crippen LogP contribution in [0.3, 0.4) is 0 Å². The Kier molecular flexibility index (Phi) is 3.83. The van der Waals surface area contributed by atoms with Gasteiger partial charge in [0.2, 0.25) is 0 Å². The Labute approximate surface area is 95.2 Å². The third kappa shape index (κ3) is 2.19. The molecular formula is C11H16ClNO2. The smallest absolute Gasteiger partial charge is 0.142 e. The molecule has 0 aromatic heterocycles. The van der Waals surface area contributed by atoms with E-state index in [4.69, 9.17) is 21.4 Å². The number of hydrogen-bond donors (Lipinski definition) is 1. The summed E-state index contributed by atoms with van der Waals surface area (Å²) < 4.78 is 5.27. The molecule has 0 radical (unpaired) electrons. The van der Waals surface area contributed by atoms with Crippen LogP contribution in [-0.4, -0.2) is 26.0 Å². The topological polar surface area (TPSA) is 32.7 Å². The molecule has 0 fully saturated rings. The highest BCUT2D eigenvalue weighted by molar-refractivity contribution is 6.32.